The van der Waals surface area contributed by atoms with Gasteiger partial charge in [-0.15, -0.1) is 0 Å². The lowest BCUT2D eigenvalue weighted by Crippen LogP contribution is -2.33. The predicted molar refractivity (Wildman–Crippen MR) is 67.6 cm³/mol. The van der Waals surface area contributed by atoms with Crippen molar-refractivity contribution in [1.29, 1.82) is 0 Å². The molecule has 1 aromatic rings. The second-order valence-electron chi connectivity index (χ2n) is 4.50. The molecule has 0 aliphatic rings. The molecule has 1 rings (SSSR count). The largest absolute Gasteiger partial charge is 0.349 e. The Labute approximate surface area is 102 Å². The van der Waals surface area contributed by atoms with Gasteiger partial charge in [-0.05, 0) is 32.4 Å². The number of unbranched alkanes of at least 4 members (excludes halogenated alkanes) is 1. The Morgan fingerprint density at radius 1 is 1.47 bits per heavy atom. The highest BCUT2D eigenvalue weighted by Gasteiger charge is 2.13. The van der Waals surface area contributed by atoms with Crippen LogP contribution in [0.5, 0.6) is 0 Å². The van der Waals surface area contributed by atoms with Gasteiger partial charge in [-0.1, -0.05) is 31.4 Å². The number of aryl methyl sites for hydroxylation is 1. The van der Waals surface area contributed by atoms with Crippen molar-refractivity contribution in [1.82, 2.24) is 5.32 Å². The minimum Gasteiger partial charge on any atom is -0.349 e. The van der Waals surface area contributed by atoms with E-state index in [2.05, 4.69) is 12.2 Å². The number of halogens is 1. The summed E-state index contributed by atoms with van der Waals surface area (Å²) < 4.78 is 13.5. The van der Waals surface area contributed by atoms with Gasteiger partial charge >= 0.3 is 0 Å². The average molecular weight is 237 g/mol. The normalized spacial score (nSPS) is 12.2. The fourth-order valence-electron chi connectivity index (χ4n) is 1.70. The molecule has 3 heteroatoms. The van der Waals surface area contributed by atoms with Crippen molar-refractivity contribution >= 4 is 5.91 Å². The van der Waals surface area contributed by atoms with Crippen LogP contribution in [0.2, 0.25) is 0 Å². The monoisotopic (exact) mass is 237 g/mol. The van der Waals surface area contributed by atoms with E-state index >= 15 is 0 Å². The lowest BCUT2D eigenvalue weighted by atomic mass is 10.1. The summed E-state index contributed by atoms with van der Waals surface area (Å²) >= 11 is 0. The molecule has 1 amide bonds. The van der Waals surface area contributed by atoms with Crippen molar-refractivity contribution in [2.75, 3.05) is 0 Å². The van der Waals surface area contributed by atoms with Crippen LogP contribution in [0, 0.1) is 12.7 Å². The highest BCUT2D eigenvalue weighted by Crippen LogP contribution is 2.10. The lowest BCUT2D eigenvalue weighted by Gasteiger charge is -2.13. The lowest BCUT2D eigenvalue weighted by molar-refractivity contribution is 0.0934. The molecule has 0 spiro atoms. The van der Waals surface area contributed by atoms with E-state index in [1.54, 1.807) is 12.1 Å². The maximum absolute atomic E-state index is 13.5. The van der Waals surface area contributed by atoms with Crippen LogP contribution in [0.4, 0.5) is 4.39 Å². The van der Waals surface area contributed by atoms with Gasteiger partial charge in [-0.25, -0.2) is 4.39 Å². The molecule has 1 aromatic carbocycles. The molecule has 2 nitrogen and oxygen atoms in total. The summed E-state index contributed by atoms with van der Waals surface area (Å²) in [6, 6.07) is 4.66. The van der Waals surface area contributed by atoms with E-state index in [0.717, 1.165) is 24.8 Å². The summed E-state index contributed by atoms with van der Waals surface area (Å²) in [6.45, 7) is 5.90. The molecule has 0 aliphatic carbocycles. The van der Waals surface area contributed by atoms with E-state index in [4.69, 9.17) is 0 Å². The average Bonchev–Trinajstić information content (AvgIpc) is 2.29. The third-order valence-electron chi connectivity index (χ3n) is 2.73. The van der Waals surface area contributed by atoms with E-state index in [1.807, 2.05) is 13.8 Å². The van der Waals surface area contributed by atoms with Crippen molar-refractivity contribution in [3.63, 3.8) is 0 Å². The first kappa shape index (κ1) is 13.7. The molecule has 1 N–H and O–H groups in total. The second-order valence-corrected chi connectivity index (χ2v) is 4.50. The molecular formula is C14H20FNO. The standard InChI is InChI=1S/C14H20FNO/c1-4-5-6-11(3)16-14(17)12-9-10(2)7-8-13(12)15/h7-9,11H,4-6H2,1-3H3,(H,16,17). The van der Waals surface area contributed by atoms with Crippen molar-refractivity contribution in [3.8, 4) is 0 Å². The Morgan fingerprint density at radius 3 is 2.82 bits per heavy atom. The van der Waals surface area contributed by atoms with Crippen LogP contribution in [0.15, 0.2) is 18.2 Å². The first-order chi connectivity index (χ1) is 8.04. The van der Waals surface area contributed by atoms with Gasteiger partial charge in [0.15, 0.2) is 0 Å². The molecule has 0 bridgehead atoms. The number of amides is 1. The van der Waals surface area contributed by atoms with Crippen LogP contribution in [0.25, 0.3) is 0 Å². The van der Waals surface area contributed by atoms with E-state index in [1.165, 1.54) is 6.07 Å². The molecule has 0 saturated heterocycles. The number of benzene rings is 1. The van der Waals surface area contributed by atoms with Crippen LogP contribution in [-0.2, 0) is 0 Å². The predicted octanol–water partition coefficient (Wildman–Crippen LogP) is 3.44. The molecule has 17 heavy (non-hydrogen) atoms. The van der Waals surface area contributed by atoms with E-state index in [-0.39, 0.29) is 17.5 Å². The minimum atomic E-state index is -0.462. The first-order valence-electron chi connectivity index (χ1n) is 6.11. The number of carbonyl (C=O) groups is 1. The number of carbonyl (C=O) groups excluding carboxylic acids is 1. The zero-order valence-electron chi connectivity index (χ0n) is 10.7. The van der Waals surface area contributed by atoms with Gasteiger partial charge in [-0.3, -0.25) is 4.79 Å². The number of rotatable bonds is 5. The van der Waals surface area contributed by atoms with Gasteiger partial charge in [0, 0.05) is 6.04 Å². The zero-order chi connectivity index (χ0) is 12.8. The van der Waals surface area contributed by atoms with Crippen LogP contribution < -0.4 is 5.32 Å². The Bertz CT molecular complexity index is 390. The van der Waals surface area contributed by atoms with E-state index < -0.39 is 5.82 Å². The SMILES string of the molecule is CCCCC(C)NC(=O)c1cc(C)ccc1F. The van der Waals surface area contributed by atoms with Crippen LogP contribution in [-0.4, -0.2) is 11.9 Å². The Balaban J connectivity index is 2.66. The van der Waals surface area contributed by atoms with Gasteiger partial charge in [-0.2, -0.15) is 0 Å². The molecule has 1 unspecified atom stereocenters. The Hall–Kier alpha value is -1.38. The summed E-state index contributed by atoms with van der Waals surface area (Å²) in [5, 5.41) is 2.82. The first-order valence-corrected chi connectivity index (χ1v) is 6.11. The Morgan fingerprint density at radius 2 is 2.18 bits per heavy atom. The summed E-state index contributed by atoms with van der Waals surface area (Å²) in [6.07, 6.45) is 3.09. The highest BCUT2D eigenvalue weighted by molar-refractivity contribution is 5.94. The molecule has 94 valence electrons. The summed E-state index contributed by atoms with van der Waals surface area (Å²) in [4.78, 5) is 11.8. The highest BCUT2D eigenvalue weighted by atomic mass is 19.1. The van der Waals surface area contributed by atoms with Gasteiger partial charge in [0.2, 0.25) is 0 Å². The number of hydrogen-bond acceptors (Lipinski definition) is 1. The third kappa shape index (κ3) is 4.17. The van der Waals surface area contributed by atoms with Gasteiger partial charge in [0.25, 0.3) is 5.91 Å². The smallest absolute Gasteiger partial charge is 0.254 e. The van der Waals surface area contributed by atoms with Crippen molar-refractivity contribution < 1.29 is 9.18 Å². The fourth-order valence-corrected chi connectivity index (χ4v) is 1.70. The molecule has 0 aliphatic heterocycles. The molecule has 0 radical (unpaired) electrons. The fraction of sp³-hybridized carbons (Fsp3) is 0.500. The molecule has 1 atom stereocenters. The molecular weight excluding hydrogens is 217 g/mol. The zero-order valence-corrected chi connectivity index (χ0v) is 10.7. The summed E-state index contributed by atoms with van der Waals surface area (Å²) in [5.41, 5.74) is 1.02. The Kier molecular flexibility index (Phi) is 5.13. The summed E-state index contributed by atoms with van der Waals surface area (Å²) in [7, 11) is 0. The number of nitrogens with one attached hydrogen (secondary N) is 1. The molecule has 0 fully saturated rings. The summed E-state index contributed by atoms with van der Waals surface area (Å²) in [5.74, 6) is -0.786. The van der Waals surface area contributed by atoms with E-state index in [0.29, 0.717) is 0 Å². The van der Waals surface area contributed by atoms with E-state index in [9.17, 15) is 9.18 Å². The van der Waals surface area contributed by atoms with Crippen molar-refractivity contribution in [3.05, 3.63) is 35.1 Å². The van der Waals surface area contributed by atoms with Crippen molar-refractivity contribution in [2.45, 2.75) is 46.1 Å². The quantitative estimate of drug-likeness (QED) is 0.835. The van der Waals surface area contributed by atoms with Gasteiger partial charge in [0.1, 0.15) is 5.82 Å². The van der Waals surface area contributed by atoms with Crippen LogP contribution in [0.1, 0.15) is 49.0 Å². The maximum atomic E-state index is 13.5. The maximum Gasteiger partial charge on any atom is 0.254 e. The molecule has 0 aromatic heterocycles. The molecule has 0 saturated carbocycles. The second kappa shape index (κ2) is 6.38. The topological polar surface area (TPSA) is 29.1 Å². The van der Waals surface area contributed by atoms with Gasteiger partial charge < -0.3 is 5.32 Å². The van der Waals surface area contributed by atoms with Gasteiger partial charge in [0.05, 0.1) is 5.56 Å². The third-order valence-corrected chi connectivity index (χ3v) is 2.73. The molecule has 0 heterocycles. The van der Waals surface area contributed by atoms with Crippen LogP contribution >= 0.6 is 0 Å². The van der Waals surface area contributed by atoms with Crippen molar-refractivity contribution in [2.24, 2.45) is 0 Å². The number of hydrogen-bond donors (Lipinski definition) is 1. The van der Waals surface area contributed by atoms with Crippen LogP contribution in [0.3, 0.4) is 0 Å². The minimum absolute atomic E-state index is 0.0855.